The predicted octanol–water partition coefficient (Wildman–Crippen LogP) is 3.98. The molecule has 0 aliphatic heterocycles. The van der Waals surface area contributed by atoms with Crippen LogP contribution in [0.5, 0.6) is 0 Å². The van der Waals surface area contributed by atoms with E-state index in [9.17, 15) is 0 Å². The van der Waals surface area contributed by atoms with Gasteiger partial charge >= 0.3 is 0 Å². The van der Waals surface area contributed by atoms with Crippen LogP contribution >= 0.6 is 11.6 Å². The molecule has 13 heavy (non-hydrogen) atoms. The van der Waals surface area contributed by atoms with Crippen molar-refractivity contribution in [1.29, 1.82) is 0 Å². The molecular formula is C11H16ClN. The van der Waals surface area contributed by atoms with E-state index in [1.54, 1.807) is 6.20 Å². The van der Waals surface area contributed by atoms with Gasteiger partial charge in [0.05, 0.1) is 0 Å². The van der Waals surface area contributed by atoms with E-state index in [4.69, 9.17) is 11.6 Å². The first-order chi connectivity index (χ1) is 6.04. The maximum atomic E-state index is 6.13. The van der Waals surface area contributed by atoms with Gasteiger partial charge in [0.15, 0.2) is 0 Å². The number of hydrogen-bond acceptors (Lipinski definition) is 1. The number of nitrogens with zero attached hydrogens (tertiary/aromatic N) is 1. The van der Waals surface area contributed by atoms with E-state index < -0.39 is 0 Å². The smallest absolute Gasteiger partial charge is 0.0478 e. The maximum absolute atomic E-state index is 6.13. The molecule has 0 N–H and O–H groups in total. The van der Waals surface area contributed by atoms with Crippen molar-refractivity contribution in [3.63, 3.8) is 0 Å². The lowest BCUT2D eigenvalue weighted by molar-refractivity contribution is 0.758. The van der Waals surface area contributed by atoms with Crippen LogP contribution in [0.4, 0.5) is 0 Å². The van der Waals surface area contributed by atoms with Crippen LogP contribution < -0.4 is 0 Å². The Morgan fingerprint density at radius 2 is 1.77 bits per heavy atom. The fraction of sp³-hybridized carbons (Fsp3) is 0.545. The average Bonchev–Trinajstić information content (AvgIpc) is 2.02. The van der Waals surface area contributed by atoms with Crippen molar-refractivity contribution < 1.29 is 0 Å². The molecule has 0 atom stereocenters. The molecule has 1 heterocycles. The summed E-state index contributed by atoms with van der Waals surface area (Å²) in [5.41, 5.74) is 2.32. The third-order valence-corrected chi connectivity index (χ3v) is 2.42. The molecule has 0 saturated carbocycles. The maximum Gasteiger partial charge on any atom is 0.0478 e. The summed E-state index contributed by atoms with van der Waals surface area (Å²) in [4.78, 5) is 4.38. The minimum Gasteiger partial charge on any atom is -0.261 e. The van der Waals surface area contributed by atoms with Crippen LogP contribution in [-0.4, -0.2) is 4.98 Å². The Kier molecular flexibility index (Phi) is 3.32. The van der Waals surface area contributed by atoms with Gasteiger partial charge in [-0.15, -0.1) is 0 Å². The van der Waals surface area contributed by atoms with Crippen molar-refractivity contribution >= 4 is 11.6 Å². The molecule has 0 fully saturated rings. The van der Waals surface area contributed by atoms with Crippen molar-refractivity contribution in [3.05, 3.63) is 28.5 Å². The van der Waals surface area contributed by atoms with Crippen LogP contribution in [0.3, 0.4) is 0 Å². The van der Waals surface area contributed by atoms with Gasteiger partial charge < -0.3 is 0 Å². The zero-order chi connectivity index (χ0) is 10.0. The van der Waals surface area contributed by atoms with Crippen LogP contribution in [0.2, 0.25) is 5.02 Å². The molecule has 0 aliphatic rings. The molecule has 0 spiro atoms. The van der Waals surface area contributed by atoms with E-state index in [2.05, 4.69) is 32.7 Å². The second-order valence-electron chi connectivity index (χ2n) is 3.90. The van der Waals surface area contributed by atoms with Gasteiger partial charge in [0.1, 0.15) is 0 Å². The highest BCUT2D eigenvalue weighted by molar-refractivity contribution is 6.31. The molecule has 0 aliphatic carbocycles. The molecule has 0 radical (unpaired) electrons. The first-order valence-electron chi connectivity index (χ1n) is 4.68. The Morgan fingerprint density at radius 3 is 2.15 bits per heavy atom. The van der Waals surface area contributed by atoms with Crippen molar-refractivity contribution in [2.75, 3.05) is 0 Å². The monoisotopic (exact) mass is 197 g/mol. The molecule has 0 saturated heterocycles. The highest BCUT2D eigenvalue weighted by Crippen LogP contribution is 2.30. The molecule has 0 bridgehead atoms. The Bertz CT molecular complexity index is 292. The lowest BCUT2D eigenvalue weighted by Gasteiger charge is -2.15. The van der Waals surface area contributed by atoms with E-state index in [0.717, 1.165) is 10.7 Å². The molecule has 1 aromatic heterocycles. The normalized spacial score (nSPS) is 11.3. The largest absolute Gasteiger partial charge is 0.261 e. The minimum absolute atomic E-state index is 0.441. The lowest BCUT2D eigenvalue weighted by atomic mass is 9.95. The quantitative estimate of drug-likeness (QED) is 0.699. The van der Waals surface area contributed by atoms with E-state index in [-0.39, 0.29) is 0 Å². The third-order valence-electron chi connectivity index (χ3n) is 2.09. The molecule has 0 aromatic carbocycles. The summed E-state index contributed by atoms with van der Waals surface area (Å²) in [5.74, 6) is 0.884. The van der Waals surface area contributed by atoms with E-state index >= 15 is 0 Å². The number of aromatic nitrogens is 1. The second-order valence-corrected chi connectivity index (χ2v) is 4.31. The zero-order valence-electron chi connectivity index (χ0n) is 8.63. The molecule has 72 valence electrons. The zero-order valence-corrected chi connectivity index (χ0v) is 9.39. The summed E-state index contributed by atoms with van der Waals surface area (Å²) in [6, 6.07) is 1.86. The number of hydrogen-bond donors (Lipinski definition) is 0. The van der Waals surface area contributed by atoms with E-state index in [0.29, 0.717) is 11.8 Å². The molecule has 0 unspecified atom stereocenters. The van der Waals surface area contributed by atoms with Gasteiger partial charge in [-0.2, -0.15) is 0 Å². The summed E-state index contributed by atoms with van der Waals surface area (Å²) in [6.45, 7) is 8.58. The highest BCUT2D eigenvalue weighted by atomic mass is 35.5. The Labute approximate surface area is 85.1 Å². The van der Waals surface area contributed by atoms with Crippen molar-refractivity contribution in [2.24, 2.45) is 0 Å². The first-order valence-corrected chi connectivity index (χ1v) is 5.06. The fourth-order valence-corrected chi connectivity index (χ4v) is 1.87. The second kappa shape index (κ2) is 4.10. The lowest BCUT2D eigenvalue weighted by Crippen LogP contribution is -2.02. The summed E-state index contributed by atoms with van der Waals surface area (Å²) < 4.78 is 0. The topological polar surface area (TPSA) is 12.9 Å². The Morgan fingerprint density at radius 1 is 1.15 bits per heavy atom. The molecule has 2 heteroatoms. The highest BCUT2D eigenvalue weighted by Gasteiger charge is 2.13. The van der Waals surface area contributed by atoms with Gasteiger partial charge in [-0.3, -0.25) is 4.98 Å². The van der Waals surface area contributed by atoms with Crippen LogP contribution in [0.15, 0.2) is 12.3 Å². The summed E-state index contributed by atoms with van der Waals surface area (Å²) in [7, 11) is 0. The van der Waals surface area contributed by atoms with Crippen molar-refractivity contribution in [1.82, 2.24) is 4.98 Å². The standard InChI is InChI=1S/C11H16ClN/c1-7(2)10-9(12)5-6-13-11(10)8(3)4/h5-8H,1-4H3. The third kappa shape index (κ3) is 2.22. The van der Waals surface area contributed by atoms with Gasteiger partial charge in [-0.25, -0.2) is 0 Å². The molecular weight excluding hydrogens is 182 g/mol. The fourth-order valence-electron chi connectivity index (χ4n) is 1.50. The molecule has 1 nitrogen and oxygen atoms in total. The molecule has 1 rings (SSSR count). The minimum atomic E-state index is 0.441. The van der Waals surface area contributed by atoms with Crippen LogP contribution in [0.25, 0.3) is 0 Å². The van der Waals surface area contributed by atoms with Gasteiger partial charge in [0.2, 0.25) is 0 Å². The summed E-state index contributed by atoms with van der Waals surface area (Å²) >= 11 is 6.13. The van der Waals surface area contributed by atoms with Gasteiger partial charge in [0.25, 0.3) is 0 Å². The van der Waals surface area contributed by atoms with Crippen molar-refractivity contribution in [2.45, 2.75) is 39.5 Å². The SMILES string of the molecule is CC(C)c1nccc(Cl)c1C(C)C. The molecule has 1 aromatic rings. The summed E-state index contributed by atoms with van der Waals surface area (Å²) in [6.07, 6.45) is 1.78. The first kappa shape index (κ1) is 10.5. The van der Waals surface area contributed by atoms with Gasteiger partial charge in [-0.05, 0) is 23.5 Å². The number of halogens is 1. The van der Waals surface area contributed by atoms with Crippen LogP contribution in [0.1, 0.15) is 50.8 Å². The Hall–Kier alpha value is -0.560. The molecule has 0 amide bonds. The van der Waals surface area contributed by atoms with E-state index in [1.807, 2.05) is 6.07 Å². The van der Waals surface area contributed by atoms with E-state index in [1.165, 1.54) is 5.56 Å². The van der Waals surface area contributed by atoms with Gasteiger partial charge in [-0.1, -0.05) is 39.3 Å². The van der Waals surface area contributed by atoms with Crippen LogP contribution in [0, 0.1) is 0 Å². The predicted molar refractivity (Wildman–Crippen MR) is 57.4 cm³/mol. The Balaban J connectivity index is 3.26. The number of pyridine rings is 1. The van der Waals surface area contributed by atoms with Gasteiger partial charge in [0, 0.05) is 16.9 Å². The average molecular weight is 198 g/mol. The van der Waals surface area contributed by atoms with Crippen LogP contribution in [-0.2, 0) is 0 Å². The number of rotatable bonds is 2. The summed E-state index contributed by atoms with van der Waals surface area (Å²) in [5, 5.41) is 0.841. The van der Waals surface area contributed by atoms with Crippen molar-refractivity contribution in [3.8, 4) is 0 Å².